The summed E-state index contributed by atoms with van der Waals surface area (Å²) in [6, 6.07) is 13.6. The van der Waals surface area contributed by atoms with Crippen LogP contribution in [0.3, 0.4) is 0 Å². The second kappa shape index (κ2) is 8.55. The molecule has 2 aromatic carbocycles. The van der Waals surface area contributed by atoms with Crippen molar-refractivity contribution in [3.8, 4) is 11.5 Å². The number of carbonyl (C=O) groups is 2. The second-order valence-electron chi connectivity index (χ2n) is 7.49. The molecule has 2 aromatic rings. The van der Waals surface area contributed by atoms with E-state index in [1.54, 1.807) is 18.2 Å². The maximum absolute atomic E-state index is 12.6. The first-order chi connectivity index (χ1) is 14.1. The Hall–Kier alpha value is -3.02. The van der Waals surface area contributed by atoms with Crippen molar-refractivity contribution in [2.24, 2.45) is 0 Å². The van der Waals surface area contributed by atoms with Crippen molar-refractivity contribution in [1.29, 1.82) is 0 Å². The molecular weight excluding hydrogens is 368 g/mol. The molecule has 1 amide bonds. The summed E-state index contributed by atoms with van der Waals surface area (Å²) in [6.07, 6.45) is 0.439. The molecule has 6 nitrogen and oxygen atoms in total. The van der Waals surface area contributed by atoms with Gasteiger partial charge in [0.25, 0.3) is 0 Å². The molecule has 0 saturated carbocycles. The first kappa shape index (κ1) is 19.3. The molecule has 6 heteroatoms. The van der Waals surface area contributed by atoms with E-state index < -0.39 is 0 Å². The minimum Gasteiger partial charge on any atom is -0.486 e. The molecule has 0 unspecified atom stereocenters. The van der Waals surface area contributed by atoms with Gasteiger partial charge in [0, 0.05) is 50.3 Å². The number of aryl methyl sites for hydroxylation is 1. The molecule has 0 spiro atoms. The van der Waals surface area contributed by atoms with E-state index >= 15 is 0 Å². The van der Waals surface area contributed by atoms with Gasteiger partial charge in [-0.3, -0.25) is 9.59 Å². The number of carbonyl (C=O) groups excluding carboxylic acids is 2. The van der Waals surface area contributed by atoms with E-state index in [2.05, 4.69) is 36.1 Å². The molecule has 0 atom stereocenters. The lowest BCUT2D eigenvalue weighted by atomic mass is 10.1. The van der Waals surface area contributed by atoms with Crippen molar-refractivity contribution in [3.05, 3.63) is 53.6 Å². The van der Waals surface area contributed by atoms with Crippen LogP contribution in [0, 0.1) is 6.92 Å². The maximum atomic E-state index is 12.6. The van der Waals surface area contributed by atoms with Crippen LogP contribution in [0.2, 0.25) is 0 Å². The van der Waals surface area contributed by atoms with E-state index in [1.165, 1.54) is 11.3 Å². The van der Waals surface area contributed by atoms with Crippen molar-refractivity contribution < 1.29 is 19.1 Å². The van der Waals surface area contributed by atoms with Crippen LogP contribution in [0.4, 0.5) is 5.69 Å². The minimum absolute atomic E-state index is 0.0415. The third kappa shape index (κ3) is 4.53. The van der Waals surface area contributed by atoms with Crippen LogP contribution in [-0.2, 0) is 4.79 Å². The lowest BCUT2D eigenvalue weighted by Gasteiger charge is -2.36. The Morgan fingerprint density at radius 1 is 0.897 bits per heavy atom. The topological polar surface area (TPSA) is 59.1 Å². The summed E-state index contributed by atoms with van der Waals surface area (Å²) >= 11 is 0. The summed E-state index contributed by atoms with van der Waals surface area (Å²) in [4.78, 5) is 29.3. The van der Waals surface area contributed by atoms with Gasteiger partial charge in [0.05, 0.1) is 0 Å². The van der Waals surface area contributed by atoms with Gasteiger partial charge in [-0.25, -0.2) is 0 Å². The van der Waals surface area contributed by atoms with Crippen molar-refractivity contribution >= 4 is 17.4 Å². The fraction of sp³-hybridized carbons (Fsp3) is 0.391. The second-order valence-corrected chi connectivity index (χ2v) is 7.49. The van der Waals surface area contributed by atoms with Crippen LogP contribution in [0.25, 0.3) is 0 Å². The van der Waals surface area contributed by atoms with Gasteiger partial charge in [-0.15, -0.1) is 0 Å². The van der Waals surface area contributed by atoms with Gasteiger partial charge in [-0.2, -0.15) is 0 Å². The molecule has 29 heavy (non-hydrogen) atoms. The molecule has 2 heterocycles. The van der Waals surface area contributed by atoms with E-state index in [1.807, 2.05) is 4.90 Å². The highest BCUT2D eigenvalue weighted by Crippen LogP contribution is 2.31. The number of benzene rings is 2. The van der Waals surface area contributed by atoms with E-state index in [9.17, 15) is 9.59 Å². The van der Waals surface area contributed by atoms with Gasteiger partial charge >= 0.3 is 0 Å². The zero-order valence-electron chi connectivity index (χ0n) is 16.7. The fourth-order valence-corrected chi connectivity index (χ4v) is 3.78. The number of ether oxygens (including phenoxy) is 2. The molecule has 1 saturated heterocycles. The molecule has 2 aliphatic heterocycles. The highest BCUT2D eigenvalue weighted by atomic mass is 16.6. The number of piperazine rings is 1. The largest absolute Gasteiger partial charge is 0.486 e. The molecule has 0 bridgehead atoms. The quantitative estimate of drug-likeness (QED) is 0.730. The zero-order valence-corrected chi connectivity index (χ0v) is 16.7. The molecule has 0 radical (unpaired) electrons. The fourth-order valence-electron chi connectivity index (χ4n) is 3.78. The summed E-state index contributed by atoms with van der Waals surface area (Å²) in [5.74, 6) is 1.25. The molecule has 1 fully saturated rings. The van der Waals surface area contributed by atoms with Crippen molar-refractivity contribution in [1.82, 2.24) is 4.90 Å². The van der Waals surface area contributed by atoms with Crippen LogP contribution in [0.1, 0.15) is 28.8 Å². The first-order valence-electron chi connectivity index (χ1n) is 10.1. The van der Waals surface area contributed by atoms with Crippen LogP contribution >= 0.6 is 0 Å². The van der Waals surface area contributed by atoms with Crippen molar-refractivity contribution in [2.75, 3.05) is 44.3 Å². The SMILES string of the molecule is Cc1cccc(N2CCN(C(=O)CCC(=O)c3ccc4c(c3)OCCO4)CC2)c1. The van der Waals surface area contributed by atoms with Crippen LogP contribution in [0.15, 0.2) is 42.5 Å². The molecule has 0 N–H and O–H groups in total. The zero-order chi connectivity index (χ0) is 20.2. The van der Waals surface area contributed by atoms with E-state index in [4.69, 9.17) is 9.47 Å². The molecule has 152 valence electrons. The van der Waals surface area contributed by atoms with Crippen molar-refractivity contribution in [2.45, 2.75) is 19.8 Å². The smallest absolute Gasteiger partial charge is 0.223 e. The van der Waals surface area contributed by atoms with Crippen molar-refractivity contribution in [3.63, 3.8) is 0 Å². The predicted molar refractivity (Wildman–Crippen MR) is 111 cm³/mol. The van der Waals surface area contributed by atoms with Gasteiger partial charge in [0.2, 0.25) is 5.91 Å². The van der Waals surface area contributed by atoms with Gasteiger partial charge in [-0.05, 0) is 42.8 Å². The van der Waals surface area contributed by atoms with E-state index in [-0.39, 0.29) is 24.5 Å². The third-order valence-corrected chi connectivity index (χ3v) is 5.43. The van der Waals surface area contributed by atoms with E-state index in [0.717, 1.165) is 13.1 Å². The minimum atomic E-state index is -0.0475. The van der Waals surface area contributed by atoms with Crippen LogP contribution < -0.4 is 14.4 Å². The molecule has 0 aromatic heterocycles. The Morgan fingerprint density at radius 2 is 1.66 bits per heavy atom. The number of Topliss-reactive ketones (excluding diaryl/α,β-unsaturated/α-hetero) is 1. The van der Waals surface area contributed by atoms with Crippen LogP contribution in [0.5, 0.6) is 11.5 Å². The lowest BCUT2D eigenvalue weighted by molar-refractivity contribution is -0.131. The number of ketones is 1. The van der Waals surface area contributed by atoms with E-state index in [0.29, 0.717) is 43.4 Å². The maximum Gasteiger partial charge on any atom is 0.223 e. The Bertz CT molecular complexity index is 904. The molecule has 4 rings (SSSR count). The van der Waals surface area contributed by atoms with Gasteiger partial charge in [0.15, 0.2) is 17.3 Å². The number of anilines is 1. The van der Waals surface area contributed by atoms with Gasteiger partial charge in [0.1, 0.15) is 13.2 Å². The number of fused-ring (bicyclic) bond motifs is 1. The van der Waals surface area contributed by atoms with Crippen LogP contribution in [-0.4, -0.2) is 56.0 Å². The summed E-state index contributed by atoms with van der Waals surface area (Å²) in [5, 5.41) is 0. The summed E-state index contributed by atoms with van der Waals surface area (Å²) < 4.78 is 11.0. The number of nitrogens with zero attached hydrogens (tertiary/aromatic N) is 2. The highest BCUT2D eigenvalue weighted by Gasteiger charge is 2.22. The Labute approximate surface area is 171 Å². The monoisotopic (exact) mass is 394 g/mol. The number of amides is 1. The Morgan fingerprint density at radius 3 is 2.41 bits per heavy atom. The summed E-state index contributed by atoms with van der Waals surface area (Å²) in [5.41, 5.74) is 3.00. The predicted octanol–water partition coefficient (Wildman–Crippen LogP) is 3.08. The lowest BCUT2D eigenvalue weighted by Crippen LogP contribution is -2.48. The average Bonchev–Trinajstić information content (AvgIpc) is 2.77. The number of hydrogen-bond donors (Lipinski definition) is 0. The molecular formula is C23H26N2O4. The first-order valence-corrected chi connectivity index (χ1v) is 10.1. The standard InChI is InChI=1S/C23H26N2O4/c1-17-3-2-4-19(15-17)24-9-11-25(12-10-24)23(27)8-6-20(26)18-5-7-21-22(16-18)29-14-13-28-21/h2-5,7,15-16H,6,8-14H2,1H3. The number of hydrogen-bond acceptors (Lipinski definition) is 5. The normalized spacial score (nSPS) is 15.9. The third-order valence-electron chi connectivity index (χ3n) is 5.43. The number of rotatable bonds is 5. The molecule has 0 aliphatic carbocycles. The Balaban J connectivity index is 1.27. The molecule has 2 aliphatic rings. The Kier molecular flexibility index (Phi) is 5.69. The highest BCUT2D eigenvalue weighted by molar-refractivity contribution is 5.98. The summed E-state index contributed by atoms with van der Waals surface area (Å²) in [7, 11) is 0. The van der Waals surface area contributed by atoms with Gasteiger partial charge in [-0.1, -0.05) is 12.1 Å². The summed E-state index contributed by atoms with van der Waals surface area (Å²) in [6.45, 7) is 6.08. The van der Waals surface area contributed by atoms with Gasteiger partial charge < -0.3 is 19.3 Å². The average molecular weight is 394 g/mol.